The average molecular weight is 653 g/mol. The van der Waals surface area contributed by atoms with Crippen LogP contribution in [-0.2, 0) is 16.1 Å². The van der Waals surface area contributed by atoms with Crippen LogP contribution in [0.1, 0.15) is 42.0 Å². The zero-order chi connectivity index (χ0) is 28.7. The lowest BCUT2D eigenvalue weighted by molar-refractivity contribution is -0.136. The molecule has 2 fully saturated rings. The number of thioether (sulfide) groups is 1. The van der Waals surface area contributed by atoms with Gasteiger partial charge in [0.2, 0.25) is 11.8 Å². The van der Waals surface area contributed by atoms with Crippen molar-refractivity contribution in [3.8, 4) is 0 Å². The summed E-state index contributed by atoms with van der Waals surface area (Å²) in [6, 6.07) is 21.2. The van der Waals surface area contributed by atoms with Crippen LogP contribution in [0.4, 0.5) is 0 Å². The van der Waals surface area contributed by atoms with Crippen molar-refractivity contribution in [3.63, 3.8) is 0 Å². The van der Waals surface area contributed by atoms with Gasteiger partial charge in [-0.1, -0.05) is 63.4 Å². The third-order valence-electron chi connectivity index (χ3n) is 8.16. The topological polar surface area (TPSA) is 76.6 Å². The molecule has 4 aromatic rings. The minimum atomic E-state index is -1.11. The highest BCUT2D eigenvalue weighted by Gasteiger charge is 2.59. The number of nitrogens with zero attached hydrogens (tertiary/aromatic N) is 2. The fraction of sp³-hybridized carbons (Fsp3) is 0.312. The van der Waals surface area contributed by atoms with E-state index >= 15 is 0 Å². The first-order chi connectivity index (χ1) is 19.7. The van der Waals surface area contributed by atoms with E-state index in [0.29, 0.717) is 37.5 Å². The molecule has 0 unspecified atom stereocenters. The fourth-order valence-electron chi connectivity index (χ4n) is 6.03. The van der Waals surface area contributed by atoms with Crippen LogP contribution < -0.4 is 0 Å². The van der Waals surface area contributed by atoms with Crippen molar-refractivity contribution in [2.75, 3.05) is 13.1 Å². The smallest absolute Gasteiger partial charge is 0.242 e. The summed E-state index contributed by atoms with van der Waals surface area (Å²) in [7, 11) is 0. The second-order valence-electron chi connectivity index (χ2n) is 11.0. The molecule has 2 N–H and O–H groups in total. The van der Waals surface area contributed by atoms with Gasteiger partial charge in [0.25, 0.3) is 0 Å². The van der Waals surface area contributed by atoms with Gasteiger partial charge in [-0.3, -0.25) is 9.59 Å². The molecule has 0 bridgehead atoms. The Balaban J connectivity index is 1.52. The van der Waals surface area contributed by atoms with Crippen molar-refractivity contribution in [2.24, 2.45) is 0 Å². The molecule has 212 valence electrons. The summed E-state index contributed by atoms with van der Waals surface area (Å²) in [6.07, 6.45) is 2.66. The Morgan fingerprint density at radius 3 is 2.51 bits per heavy atom. The van der Waals surface area contributed by atoms with Gasteiger partial charge in [0.15, 0.2) is 0 Å². The van der Waals surface area contributed by atoms with Gasteiger partial charge in [0.1, 0.15) is 4.75 Å². The van der Waals surface area contributed by atoms with E-state index in [1.165, 1.54) is 11.8 Å². The number of aliphatic hydroxyl groups is 1. The van der Waals surface area contributed by atoms with Gasteiger partial charge in [-0.15, -0.1) is 11.8 Å². The Morgan fingerprint density at radius 2 is 1.80 bits per heavy atom. The van der Waals surface area contributed by atoms with Crippen LogP contribution in [0.5, 0.6) is 0 Å². The van der Waals surface area contributed by atoms with Gasteiger partial charge < -0.3 is 19.9 Å². The number of benzene rings is 3. The number of aromatic amines is 1. The number of piperidine rings is 1. The molecule has 0 aliphatic carbocycles. The summed E-state index contributed by atoms with van der Waals surface area (Å²) < 4.78 is -0.149. The molecular formula is C32H31BrClN3O3S. The van der Waals surface area contributed by atoms with Gasteiger partial charge in [0.05, 0.1) is 18.6 Å². The fourth-order valence-corrected chi connectivity index (χ4v) is 7.94. The molecule has 6 rings (SSSR count). The molecule has 0 spiro atoms. The molecule has 2 aliphatic rings. The Bertz CT molecular complexity index is 1580. The van der Waals surface area contributed by atoms with Crippen LogP contribution in [0.2, 0.25) is 5.02 Å². The van der Waals surface area contributed by atoms with Crippen LogP contribution in [0.15, 0.2) is 82.3 Å². The van der Waals surface area contributed by atoms with Crippen LogP contribution in [0.25, 0.3) is 10.9 Å². The molecule has 1 aromatic heterocycles. The lowest BCUT2D eigenvalue weighted by Gasteiger charge is -2.41. The third kappa shape index (κ3) is 5.55. The number of halogens is 2. The zero-order valence-electron chi connectivity index (χ0n) is 22.6. The highest BCUT2D eigenvalue weighted by Crippen LogP contribution is 2.55. The van der Waals surface area contributed by atoms with E-state index in [-0.39, 0.29) is 18.2 Å². The maximum atomic E-state index is 14.8. The minimum absolute atomic E-state index is 0.0602. The summed E-state index contributed by atoms with van der Waals surface area (Å²) in [5, 5.41) is 11.7. The van der Waals surface area contributed by atoms with Crippen molar-refractivity contribution in [1.82, 2.24) is 14.8 Å². The molecule has 2 aliphatic heterocycles. The van der Waals surface area contributed by atoms with Gasteiger partial charge in [-0.05, 0) is 61.7 Å². The number of amides is 2. The molecule has 6 nitrogen and oxygen atoms in total. The lowest BCUT2D eigenvalue weighted by Crippen LogP contribution is -2.52. The molecule has 3 aromatic carbocycles. The molecular weight excluding hydrogens is 622 g/mol. The quantitative estimate of drug-likeness (QED) is 0.238. The van der Waals surface area contributed by atoms with Gasteiger partial charge >= 0.3 is 0 Å². The maximum Gasteiger partial charge on any atom is 0.242 e. The number of aliphatic hydroxyl groups excluding tert-OH is 1. The van der Waals surface area contributed by atoms with Gasteiger partial charge in [0, 0.05) is 56.7 Å². The van der Waals surface area contributed by atoms with Crippen LogP contribution in [0.3, 0.4) is 0 Å². The van der Waals surface area contributed by atoms with Gasteiger partial charge in [-0.25, -0.2) is 0 Å². The summed E-state index contributed by atoms with van der Waals surface area (Å²) in [5.41, 5.74) is 3.87. The van der Waals surface area contributed by atoms with Crippen molar-refractivity contribution in [1.29, 1.82) is 0 Å². The average Bonchev–Trinajstić information content (AvgIpc) is 3.48. The van der Waals surface area contributed by atoms with Gasteiger partial charge in [-0.2, -0.15) is 0 Å². The largest absolute Gasteiger partial charge is 0.393 e. The number of rotatable bonds is 6. The Labute approximate surface area is 257 Å². The van der Waals surface area contributed by atoms with E-state index in [0.717, 1.165) is 37.0 Å². The van der Waals surface area contributed by atoms with Crippen molar-refractivity contribution >= 4 is 62.0 Å². The zero-order valence-corrected chi connectivity index (χ0v) is 25.8. The minimum Gasteiger partial charge on any atom is -0.393 e. The molecule has 3 heterocycles. The summed E-state index contributed by atoms with van der Waals surface area (Å²) in [5.74, 6) is -0.124. The number of H-pyrrole nitrogens is 1. The number of carbonyl (C=O) groups excluding carboxylic acids is 2. The summed E-state index contributed by atoms with van der Waals surface area (Å²) >= 11 is 11.3. The number of aryl methyl sites for hydroxylation is 1. The number of aromatic nitrogens is 1. The van der Waals surface area contributed by atoms with E-state index in [9.17, 15) is 14.7 Å². The molecule has 9 heteroatoms. The monoisotopic (exact) mass is 651 g/mol. The third-order valence-corrected chi connectivity index (χ3v) is 10.3. The first kappa shape index (κ1) is 28.3. The number of fused-ring (bicyclic) bond motifs is 1. The first-order valence-electron chi connectivity index (χ1n) is 13.8. The van der Waals surface area contributed by atoms with Crippen LogP contribution in [0, 0.1) is 6.92 Å². The summed E-state index contributed by atoms with van der Waals surface area (Å²) in [6.45, 7) is 3.34. The van der Waals surface area contributed by atoms with E-state index in [4.69, 9.17) is 11.6 Å². The molecule has 0 saturated carbocycles. The molecule has 0 radical (unpaired) electrons. The van der Waals surface area contributed by atoms with Crippen molar-refractivity contribution < 1.29 is 14.7 Å². The number of nitrogens with one attached hydrogen (secondary N) is 1. The SMILES string of the molecule is Cc1ccc(S[C@@]2(C(=O)N3CCC(O)CC3)CC(=O)N(Cc3ccc(Br)cc3)[C@H]2c2c[nH]c3cc(Cl)ccc23)cc1. The number of hydrogen-bond donors (Lipinski definition) is 2. The van der Waals surface area contributed by atoms with Crippen LogP contribution in [-0.4, -0.2) is 55.6 Å². The normalized spacial score (nSPS) is 21.7. The molecule has 2 saturated heterocycles. The predicted octanol–water partition coefficient (Wildman–Crippen LogP) is 6.88. The second-order valence-corrected chi connectivity index (χ2v) is 13.7. The highest BCUT2D eigenvalue weighted by molar-refractivity contribution is 9.10. The Hall–Kier alpha value is -2.78. The summed E-state index contributed by atoms with van der Waals surface area (Å²) in [4.78, 5) is 36.9. The standard InChI is InChI=1S/C32H31BrClN3O3S/c1-20-2-9-25(10-3-20)41-32(31(40)36-14-12-24(38)13-15-36)17-29(39)37(19-21-4-6-22(33)7-5-21)30(32)27-18-35-28-16-23(34)8-11-26(27)28/h2-11,16,18,24,30,35,38H,12-15,17,19H2,1H3/t30-,32-/m0/s1. The molecule has 2 atom stereocenters. The number of carbonyl (C=O) groups is 2. The first-order valence-corrected chi connectivity index (χ1v) is 15.8. The Morgan fingerprint density at radius 1 is 1.10 bits per heavy atom. The van der Waals surface area contributed by atoms with E-state index in [1.807, 2.05) is 89.7 Å². The van der Waals surface area contributed by atoms with Crippen molar-refractivity contribution in [2.45, 2.75) is 54.5 Å². The number of hydrogen-bond acceptors (Lipinski definition) is 4. The number of likely N-dealkylation sites (tertiary alicyclic amines) is 2. The van der Waals surface area contributed by atoms with E-state index in [2.05, 4.69) is 20.9 Å². The predicted molar refractivity (Wildman–Crippen MR) is 167 cm³/mol. The van der Waals surface area contributed by atoms with Crippen molar-refractivity contribution in [3.05, 3.63) is 99.1 Å². The highest BCUT2D eigenvalue weighted by atomic mass is 79.9. The van der Waals surface area contributed by atoms with Crippen LogP contribution >= 0.6 is 39.3 Å². The Kier molecular flexibility index (Phi) is 7.94. The van der Waals surface area contributed by atoms with E-state index < -0.39 is 16.9 Å². The second kappa shape index (κ2) is 11.5. The molecule has 41 heavy (non-hydrogen) atoms. The lowest BCUT2D eigenvalue weighted by atomic mass is 9.89. The van der Waals surface area contributed by atoms with E-state index in [1.54, 1.807) is 0 Å². The maximum absolute atomic E-state index is 14.8. The molecule has 2 amide bonds.